The number of benzene rings is 1. The van der Waals surface area contributed by atoms with Crippen LogP contribution in [0.5, 0.6) is 11.5 Å². The van der Waals surface area contributed by atoms with E-state index in [0.29, 0.717) is 30.7 Å². The second-order valence-electron chi connectivity index (χ2n) is 7.18. The molecule has 3 N–H and O–H groups in total. The lowest BCUT2D eigenvalue weighted by Crippen LogP contribution is -2.53. The second-order valence-corrected chi connectivity index (χ2v) is 9.01. The average Bonchev–Trinajstić information content (AvgIpc) is 3.22. The number of fused-ring (bicyclic) bond motifs is 1. The summed E-state index contributed by atoms with van der Waals surface area (Å²) in [6, 6.07) is 3.21. The molecule has 33 heavy (non-hydrogen) atoms. The van der Waals surface area contributed by atoms with E-state index in [0.717, 1.165) is 11.8 Å². The fourth-order valence-corrected chi connectivity index (χ4v) is 4.59. The van der Waals surface area contributed by atoms with E-state index in [4.69, 9.17) is 15.2 Å². The van der Waals surface area contributed by atoms with Crippen LogP contribution in [-0.4, -0.2) is 58.5 Å². The molecule has 178 valence electrons. The van der Waals surface area contributed by atoms with Gasteiger partial charge in [-0.2, -0.15) is 21.6 Å². The van der Waals surface area contributed by atoms with Gasteiger partial charge in [0.05, 0.1) is 18.3 Å². The van der Waals surface area contributed by atoms with Gasteiger partial charge >= 0.3 is 15.5 Å². The van der Waals surface area contributed by atoms with Crippen molar-refractivity contribution in [1.82, 2.24) is 24.6 Å². The molecule has 0 bridgehead atoms. The van der Waals surface area contributed by atoms with Crippen molar-refractivity contribution < 1.29 is 35.9 Å². The predicted molar refractivity (Wildman–Crippen MR) is 106 cm³/mol. The van der Waals surface area contributed by atoms with Crippen LogP contribution in [0.2, 0.25) is 0 Å². The molecule has 11 nitrogen and oxygen atoms in total. The van der Waals surface area contributed by atoms with Crippen LogP contribution in [0.25, 0.3) is 0 Å². The van der Waals surface area contributed by atoms with Crippen LogP contribution in [-0.2, 0) is 21.2 Å². The number of alkyl halides is 3. The predicted octanol–water partition coefficient (Wildman–Crippen LogP) is 0.609. The third kappa shape index (κ3) is 4.32. The number of halogens is 3. The van der Waals surface area contributed by atoms with Crippen LogP contribution in [0.15, 0.2) is 36.8 Å². The maximum absolute atomic E-state index is 13.1. The summed E-state index contributed by atoms with van der Waals surface area (Å²) in [5.74, 6) is 0.177. The lowest BCUT2D eigenvalue weighted by Gasteiger charge is -2.31. The third-order valence-corrected chi connectivity index (χ3v) is 6.67. The van der Waals surface area contributed by atoms with E-state index in [1.165, 1.54) is 10.9 Å². The Labute approximate surface area is 186 Å². The number of rotatable bonds is 6. The number of ether oxygens (including phenoxy) is 2. The molecule has 3 heterocycles. The minimum absolute atomic E-state index is 0.000337. The summed E-state index contributed by atoms with van der Waals surface area (Å²) < 4.78 is 75.4. The average molecular weight is 488 g/mol. The van der Waals surface area contributed by atoms with Crippen LogP contribution >= 0.6 is 0 Å². The zero-order valence-corrected chi connectivity index (χ0v) is 17.7. The van der Waals surface area contributed by atoms with E-state index in [-0.39, 0.29) is 22.8 Å². The fraction of sp³-hybridized carbons (Fsp3) is 0.389. The number of sulfonamides is 1. The molecule has 2 aliphatic heterocycles. The van der Waals surface area contributed by atoms with Gasteiger partial charge in [0.2, 0.25) is 5.91 Å². The van der Waals surface area contributed by atoms with Crippen molar-refractivity contribution in [2.75, 3.05) is 13.3 Å². The summed E-state index contributed by atoms with van der Waals surface area (Å²) >= 11 is 0. The number of hydrogen-bond donors (Lipinski definition) is 2. The summed E-state index contributed by atoms with van der Waals surface area (Å²) in [6.45, 7) is 0.367. The molecule has 0 radical (unpaired) electrons. The molecule has 4 rings (SSSR count). The Kier molecular flexibility index (Phi) is 5.92. The molecule has 1 aromatic carbocycles. The molecular weight excluding hydrogens is 469 g/mol. The van der Waals surface area contributed by atoms with Gasteiger partial charge < -0.3 is 14.8 Å². The maximum Gasteiger partial charge on any atom is 0.516 e. The van der Waals surface area contributed by atoms with E-state index in [1.54, 1.807) is 18.2 Å². The Hall–Kier alpha value is -3.33. The molecule has 0 saturated heterocycles. The molecule has 2 aromatic rings. The smallest absolute Gasteiger partial charge is 0.493 e. The topological polar surface area (TPSA) is 142 Å². The first-order valence-electron chi connectivity index (χ1n) is 9.69. The number of hydrogen-bond acceptors (Lipinski definition) is 8. The summed E-state index contributed by atoms with van der Waals surface area (Å²) in [7, 11) is -5.77. The first kappa shape index (κ1) is 22.8. The number of carbonyl (C=O) groups is 1. The van der Waals surface area contributed by atoms with Gasteiger partial charge in [-0.25, -0.2) is 4.68 Å². The standard InChI is InChI=1S/C18H19F3N6O5S/c19-18(20,21)33(29,30)27-5-4-23-17(28)15(27)7-11-9-26(25-24-11)14-3-6-31-16-8-12(32-10-22)1-2-13(14)16/h1-2,4-5,8-9,14-15H,3,6-7,10,22H2,(H,23,28). The van der Waals surface area contributed by atoms with Crippen molar-refractivity contribution >= 4 is 15.9 Å². The molecule has 0 aliphatic carbocycles. The molecule has 1 amide bonds. The van der Waals surface area contributed by atoms with Gasteiger partial charge in [-0.3, -0.25) is 14.8 Å². The highest BCUT2D eigenvalue weighted by Gasteiger charge is 2.52. The highest BCUT2D eigenvalue weighted by atomic mass is 32.2. The highest BCUT2D eigenvalue weighted by molar-refractivity contribution is 7.90. The van der Waals surface area contributed by atoms with Gasteiger partial charge in [0.1, 0.15) is 24.3 Å². The number of carbonyl (C=O) groups excluding carboxylic acids is 1. The molecule has 2 aliphatic rings. The van der Waals surface area contributed by atoms with Crippen molar-refractivity contribution in [3.05, 3.63) is 48.1 Å². The van der Waals surface area contributed by atoms with E-state index in [2.05, 4.69) is 15.6 Å². The van der Waals surface area contributed by atoms with Crippen LogP contribution in [0.1, 0.15) is 23.7 Å². The number of aromatic nitrogens is 3. The zero-order chi connectivity index (χ0) is 23.8. The Bertz CT molecular complexity index is 1180. The molecular formula is C18H19F3N6O5S. The minimum Gasteiger partial charge on any atom is -0.493 e. The minimum atomic E-state index is -5.77. The molecule has 0 saturated carbocycles. The summed E-state index contributed by atoms with van der Waals surface area (Å²) in [4.78, 5) is 12.2. The van der Waals surface area contributed by atoms with Gasteiger partial charge in [0.15, 0.2) is 0 Å². The van der Waals surface area contributed by atoms with Crippen molar-refractivity contribution in [3.8, 4) is 11.5 Å². The third-order valence-electron chi connectivity index (χ3n) is 5.15. The van der Waals surface area contributed by atoms with E-state index >= 15 is 0 Å². The first-order valence-corrected chi connectivity index (χ1v) is 11.1. The normalized spacial score (nSPS) is 20.7. The van der Waals surface area contributed by atoms with Crippen LogP contribution in [0.4, 0.5) is 13.2 Å². The van der Waals surface area contributed by atoms with Gasteiger partial charge in [0, 0.05) is 43.1 Å². The molecule has 1 aromatic heterocycles. The van der Waals surface area contributed by atoms with E-state index in [1.807, 2.05) is 0 Å². The maximum atomic E-state index is 13.1. The monoisotopic (exact) mass is 488 g/mol. The van der Waals surface area contributed by atoms with Crippen LogP contribution in [0, 0.1) is 0 Å². The Morgan fingerprint density at radius 2 is 2.12 bits per heavy atom. The van der Waals surface area contributed by atoms with Crippen LogP contribution < -0.4 is 20.5 Å². The van der Waals surface area contributed by atoms with Crippen molar-refractivity contribution in [2.45, 2.75) is 30.4 Å². The zero-order valence-electron chi connectivity index (χ0n) is 16.9. The van der Waals surface area contributed by atoms with Crippen LogP contribution in [0.3, 0.4) is 0 Å². The summed E-state index contributed by atoms with van der Waals surface area (Å²) in [5.41, 5.74) is 0.739. The van der Waals surface area contributed by atoms with Crippen molar-refractivity contribution in [2.24, 2.45) is 5.73 Å². The number of nitrogens with one attached hydrogen (secondary N) is 1. The lowest BCUT2D eigenvalue weighted by molar-refractivity contribution is -0.124. The number of nitrogens with two attached hydrogens (primary N) is 1. The SMILES string of the molecule is NCOc1ccc2c(c1)OCCC2n1cc(CC2C(=O)NC=CN2S(=O)(=O)C(F)(F)F)nn1. The first-order chi connectivity index (χ1) is 15.6. The summed E-state index contributed by atoms with van der Waals surface area (Å²) in [6.07, 6.45) is 3.09. The second kappa shape index (κ2) is 8.55. The quantitative estimate of drug-likeness (QED) is 0.564. The highest BCUT2D eigenvalue weighted by Crippen LogP contribution is 2.37. The Morgan fingerprint density at radius 1 is 1.33 bits per heavy atom. The summed E-state index contributed by atoms with van der Waals surface area (Å²) in [5, 5.41) is 10.2. The van der Waals surface area contributed by atoms with E-state index in [9.17, 15) is 26.4 Å². The van der Waals surface area contributed by atoms with Crippen molar-refractivity contribution in [1.29, 1.82) is 0 Å². The van der Waals surface area contributed by atoms with Gasteiger partial charge in [-0.05, 0) is 12.1 Å². The number of nitrogens with zero attached hydrogens (tertiary/aromatic N) is 4. The largest absolute Gasteiger partial charge is 0.516 e. The van der Waals surface area contributed by atoms with E-state index < -0.39 is 33.9 Å². The fourth-order valence-electron chi connectivity index (χ4n) is 3.63. The van der Waals surface area contributed by atoms with Gasteiger partial charge in [0.25, 0.3) is 0 Å². The molecule has 2 unspecified atom stereocenters. The Balaban J connectivity index is 1.58. The molecule has 15 heteroatoms. The van der Waals surface area contributed by atoms with Crippen molar-refractivity contribution in [3.63, 3.8) is 0 Å². The van der Waals surface area contributed by atoms with Gasteiger partial charge in [-0.1, -0.05) is 5.21 Å². The molecule has 2 atom stereocenters. The number of amides is 1. The Morgan fingerprint density at radius 3 is 2.85 bits per heavy atom. The molecule has 0 spiro atoms. The van der Waals surface area contributed by atoms with Gasteiger partial charge in [-0.15, -0.1) is 5.10 Å². The lowest BCUT2D eigenvalue weighted by atomic mass is 10.0. The molecule has 0 fully saturated rings.